The number of pyridine rings is 1. The van der Waals surface area contributed by atoms with Crippen LogP contribution in [0.15, 0.2) is 18.3 Å². The zero-order valence-corrected chi connectivity index (χ0v) is 13.2. The molecule has 1 fully saturated rings. The molecule has 1 aliphatic rings. The lowest BCUT2D eigenvalue weighted by atomic mass is 10.1. The van der Waals surface area contributed by atoms with Gasteiger partial charge in [-0.3, -0.25) is 9.59 Å². The molecule has 1 aromatic heterocycles. The van der Waals surface area contributed by atoms with E-state index in [0.29, 0.717) is 38.4 Å². The average molecular weight is 344 g/mol. The summed E-state index contributed by atoms with van der Waals surface area (Å²) in [6, 6.07) is 2.31. The minimum Gasteiger partial charge on any atom is -0.356 e. The van der Waals surface area contributed by atoms with Crippen LogP contribution in [-0.2, 0) is 15.8 Å². The molecular weight excluding hydrogens is 325 g/mol. The molecule has 0 aromatic carbocycles. The molecule has 2 heterocycles. The summed E-state index contributed by atoms with van der Waals surface area (Å²) >= 11 is 0. The Hall–Kier alpha value is -2.32. The lowest BCUT2D eigenvalue weighted by Crippen LogP contribution is -2.38. The molecule has 2 rings (SSSR count). The Morgan fingerprint density at radius 1 is 1.29 bits per heavy atom. The molecule has 132 valence electrons. The Kier molecular flexibility index (Phi) is 5.63. The number of carbonyl (C=O) groups excluding carboxylic acids is 2. The van der Waals surface area contributed by atoms with E-state index in [0.717, 1.165) is 12.3 Å². The molecule has 6 nitrogen and oxygen atoms in total. The van der Waals surface area contributed by atoms with Gasteiger partial charge in [0.15, 0.2) is 0 Å². The average Bonchev–Trinajstić information content (AvgIpc) is 3.00. The van der Waals surface area contributed by atoms with Gasteiger partial charge in [-0.1, -0.05) is 0 Å². The fourth-order valence-corrected chi connectivity index (χ4v) is 2.49. The van der Waals surface area contributed by atoms with Crippen LogP contribution in [0.3, 0.4) is 0 Å². The highest BCUT2D eigenvalue weighted by atomic mass is 19.4. The molecule has 1 aliphatic heterocycles. The highest BCUT2D eigenvalue weighted by Gasteiger charge is 2.32. The van der Waals surface area contributed by atoms with Gasteiger partial charge < -0.3 is 15.5 Å². The largest absolute Gasteiger partial charge is 0.417 e. The van der Waals surface area contributed by atoms with Crippen LogP contribution >= 0.6 is 0 Å². The predicted molar refractivity (Wildman–Crippen MR) is 81.3 cm³/mol. The third-order valence-corrected chi connectivity index (χ3v) is 3.76. The molecule has 2 N–H and O–H groups in total. The Bertz CT molecular complexity index is 589. The van der Waals surface area contributed by atoms with Gasteiger partial charge in [0.25, 0.3) is 0 Å². The van der Waals surface area contributed by atoms with E-state index in [-0.39, 0.29) is 17.7 Å². The van der Waals surface area contributed by atoms with E-state index in [1.165, 1.54) is 13.0 Å². The molecular formula is C15H19F3N4O2. The third-order valence-electron chi connectivity index (χ3n) is 3.76. The number of anilines is 1. The summed E-state index contributed by atoms with van der Waals surface area (Å²) in [4.78, 5) is 28.4. The minimum atomic E-state index is -4.41. The van der Waals surface area contributed by atoms with Crippen LogP contribution < -0.4 is 15.5 Å². The Balaban J connectivity index is 1.84. The van der Waals surface area contributed by atoms with Crippen LogP contribution in [0.2, 0.25) is 0 Å². The van der Waals surface area contributed by atoms with Crippen molar-refractivity contribution in [2.45, 2.75) is 19.5 Å². The van der Waals surface area contributed by atoms with Gasteiger partial charge in [0.05, 0.1) is 11.5 Å². The van der Waals surface area contributed by atoms with Crippen LogP contribution in [0.25, 0.3) is 0 Å². The van der Waals surface area contributed by atoms with Crippen LogP contribution in [0, 0.1) is 5.92 Å². The van der Waals surface area contributed by atoms with Gasteiger partial charge in [-0.25, -0.2) is 4.98 Å². The van der Waals surface area contributed by atoms with Crippen LogP contribution in [0.4, 0.5) is 19.0 Å². The first kappa shape index (κ1) is 18.0. The first-order valence-corrected chi connectivity index (χ1v) is 7.57. The van der Waals surface area contributed by atoms with E-state index in [9.17, 15) is 22.8 Å². The van der Waals surface area contributed by atoms with E-state index < -0.39 is 11.7 Å². The molecule has 0 bridgehead atoms. The standard InChI is InChI=1S/C15H19F3N4O2/c1-10(23)19-5-6-20-14(24)11-4-7-22(9-11)13-3-2-12(8-21-13)15(16,17)18/h2-3,8,11H,4-7,9H2,1H3,(H,19,23)(H,20,24)/t11-/m0/s1. The summed E-state index contributed by atoms with van der Waals surface area (Å²) in [5.41, 5.74) is -0.794. The number of amides is 2. The quantitative estimate of drug-likeness (QED) is 0.787. The summed E-state index contributed by atoms with van der Waals surface area (Å²) in [7, 11) is 0. The van der Waals surface area contributed by atoms with Gasteiger partial charge in [-0.2, -0.15) is 13.2 Å². The fourth-order valence-electron chi connectivity index (χ4n) is 2.49. The maximum Gasteiger partial charge on any atom is 0.417 e. The molecule has 24 heavy (non-hydrogen) atoms. The number of hydrogen-bond acceptors (Lipinski definition) is 4. The molecule has 1 atom stereocenters. The minimum absolute atomic E-state index is 0.130. The van der Waals surface area contributed by atoms with Crippen molar-refractivity contribution in [3.8, 4) is 0 Å². The predicted octanol–water partition coefficient (Wildman–Crippen LogP) is 1.18. The van der Waals surface area contributed by atoms with Gasteiger partial charge in [-0.15, -0.1) is 0 Å². The Morgan fingerprint density at radius 2 is 2.00 bits per heavy atom. The molecule has 9 heteroatoms. The first-order valence-electron chi connectivity index (χ1n) is 7.57. The molecule has 1 saturated heterocycles. The normalized spacial score (nSPS) is 17.7. The third kappa shape index (κ3) is 4.84. The summed E-state index contributed by atoms with van der Waals surface area (Å²) < 4.78 is 37.6. The number of carbonyl (C=O) groups is 2. The van der Waals surface area contributed by atoms with Crippen molar-refractivity contribution < 1.29 is 22.8 Å². The molecule has 0 radical (unpaired) electrons. The second kappa shape index (κ2) is 7.50. The van der Waals surface area contributed by atoms with E-state index >= 15 is 0 Å². The topological polar surface area (TPSA) is 74.3 Å². The van der Waals surface area contributed by atoms with E-state index in [4.69, 9.17) is 0 Å². The molecule has 2 amide bonds. The highest BCUT2D eigenvalue weighted by Crippen LogP contribution is 2.30. The van der Waals surface area contributed by atoms with Crippen LogP contribution in [-0.4, -0.2) is 43.0 Å². The molecule has 0 unspecified atom stereocenters. The van der Waals surface area contributed by atoms with Crippen molar-refractivity contribution in [3.63, 3.8) is 0 Å². The van der Waals surface area contributed by atoms with Crippen molar-refractivity contribution in [2.75, 3.05) is 31.1 Å². The van der Waals surface area contributed by atoms with Gasteiger partial charge in [0, 0.05) is 39.3 Å². The fraction of sp³-hybridized carbons (Fsp3) is 0.533. The van der Waals surface area contributed by atoms with Gasteiger partial charge in [0.1, 0.15) is 5.82 Å². The molecule has 0 saturated carbocycles. The number of aromatic nitrogens is 1. The zero-order chi connectivity index (χ0) is 17.7. The molecule has 0 aliphatic carbocycles. The van der Waals surface area contributed by atoms with Gasteiger partial charge in [0.2, 0.25) is 11.8 Å². The first-order chi connectivity index (χ1) is 11.3. The van der Waals surface area contributed by atoms with Crippen LogP contribution in [0.1, 0.15) is 18.9 Å². The summed E-state index contributed by atoms with van der Waals surface area (Å²) in [5.74, 6) is -0.109. The number of alkyl halides is 3. The maximum absolute atomic E-state index is 12.5. The van der Waals surface area contributed by atoms with Gasteiger partial charge in [-0.05, 0) is 18.6 Å². The van der Waals surface area contributed by atoms with Crippen molar-refractivity contribution in [1.29, 1.82) is 0 Å². The second-order valence-corrected chi connectivity index (χ2v) is 5.61. The molecule has 1 aromatic rings. The summed E-state index contributed by atoms with van der Waals surface area (Å²) in [5, 5.41) is 5.31. The number of rotatable bonds is 5. The SMILES string of the molecule is CC(=O)NCCNC(=O)[C@H]1CCN(c2ccc(C(F)(F)F)cn2)C1. The maximum atomic E-state index is 12.5. The summed E-state index contributed by atoms with van der Waals surface area (Å²) in [6.45, 7) is 3.06. The van der Waals surface area contributed by atoms with Crippen molar-refractivity contribution in [1.82, 2.24) is 15.6 Å². The van der Waals surface area contributed by atoms with E-state index in [1.54, 1.807) is 4.90 Å². The van der Waals surface area contributed by atoms with Crippen molar-refractivity contribution in [2.24, 2.45) is 5.92 Å². The number of nitrogens with zero attached hydrogens (tertiary/aromatic N) is 2. The van der Waals surface area contributed by atoms with E-state index in [2.05, 4.69) is 15.6 Å². The zero-order valence-electron chi connectivity index (χ0n) is 13.2. The highest BCUT2D eigenvalue weighted by molar-refractivity contribution is 5.80. The van der Waals surface area contributed by atoms with Crippen LogP contribution in [0.5, 0.6) is 0 Å². The smallest absolute Gasteiger partial charge is 0.356 e. The lowest BCUT2D eigenvalue weighted by Gasteiger charge is -2.18. The number of nitrogens with one attached hydrogen (secondary N) is 2. The van der Waals surface area contributed by atoms with Crippen molar-refractivity contribution >= 4 is 17.6 Å². The summed E-state index contributed by atoms with van der Waals surface area (Å²) in [6.07, 6.45) is -3.00. The monoisotopic (exact) mass is 344 g/mol. The Labute approximate surface area is 137 Å². The van der Waals surface area contributed by atoms with Gasteiger partial charge >= 0.3 is 6.18 Å². The Morgan fingerprint density at radius 3 is 2.58 bits per heavy atom. The number of halogens is 3. The molecule has 0 spiro atoms. The van der Waals surface area contributed by atoms with Crippen molar-refractivity contribution in [3.05, 3.63) is 23.9 Å². The number of hydrogen-bond donors (Lipinski definition) is 2. The lowest BCUT2D eigenvalue weighted by molar-refractivity contribution is -0.137. The second-order valence-electron chi connectivity index (χ2n) is 5.61. The van der Waals surface area contributed by atoms with E-state index in [1.807, 2.05) is 0 Å².